The molecule has 1 aliphatic heterocycles. The van der Waals surface area contributed by atoms with Gasteiger partial charge in [0.1, 0.15) is 5.82 Å². The predicted molar refractivity (Wildman–Crippen MR) is 107 cm³/mol. The Hall–Kier alpha value is -2.07. The molecule has 0 aliphatic carbocycles. The number of thiocarbonyl (C=S) groups is 1. The maximum absolute atomic E-state index is 13.3. The Morgan fingerprint density at radius 2 is 1.67 bits per heavy atom. The summed E-state index contributed by atoms with van der Waals surface area (Å²) in [7, 11) is -3.52. The van der Waals surface area contributed by atoms with Gasteiger partial charge < -0.3 is 15.4 Å². The van der Waals surface area contributed by atoms with Gasteiger partial charge in [-0.1, -0.05) is 0 Å². The second kappa shape index (κ2) is 8.30. The molecule has 2 aromatic rings. The van der Waals surface area contributed by atoms with Gasteiger partial charge in [0.15, 0.2) is 5.11 Å². The second-order valence-electron chi connectivity index (χ2n) is 6.08. The Bertz CT molecular complexity index is 927. The molecule has 0 spiro atoms. The summed E-state index contributed by atoms with van der Waals surface area (Å²) >= 11 is 5.25. The third kappa shape index (κ3) is 4.81. The molecule has 1 heterocycles. The van der Waals surface area contributed by atoms with E-state index in [-0.39, 0.29) is 10.7 Å². The van der Waals surface area contributed by atoms with E-state index in [4.69, 9.17) is 17.0 Å². The van der Waals surface area contributed by atoms with Crippen LogP contribution in [0.25, 0.3) is 0 Å². The summed E-state index contributed by atoms with van der Waals surface area (Å²) in [6, 6.07) is 11.0. The average Bonchev–Trinajstić information content (AvgIpc) is 2.66. The van der Waals surface area contributed by atoms with Crippen LogP contribution in [-0.4, -0.2) is 44.1 Å². The molecular weight excluding hydrogens is 389 g/mol. The predicted octanol–water partition coefficient (Wildman–Crippen LogP) is 2.96. The number of nitrogens with zero attached hydrogens (tertiary/aromatic N) is 1. The zero-order valence-corrected chi connectivity index (χ0v) is 16.4. The van der Waals surface area contributed by atoms with Crippen molar-refractivity contribution in [3.63, 3.8) is 0 Å². The third-order valence-corrected chi connectivity index (χ3v) is 6.25. The zero-order chi connectivity index (χ0) is 19.4. The highest BCUT2D eigenvalue weighted by molar-refractivity contribution is 7.89. The van der Waals surface area contributed by atoms with Gasteiger partial charge >= 0.3 is 0 Å². The number of aryl methyl sites for hydroxylation is 1. The van der Waals surface area contributed by atoms with Crippen molar-refractivity contribution < 1.29 is 17.5 Å². The molecule has 2 aromatic carbocycles. The van der Waals surface area contributed by atoms with E-state index >= 15 is 0 Å². The van der Waals surface area contributed by atoms with Gasteiger partial charge in [-0.25, -0.2) is 12.8 Å². The molecule has 2 N–H and O–H groups in total. The first-order valence-electron chi connectivity index (χ1n) is 8.38. The van der Waals surface area contributed by atoms with E-state index < -0.39 is 10.0 Å². The van der Waals surface area contributed by atoms with E-state index in [0.717, 1.165) is 0 Å². The van der Waals surface area contributed by atoms with Crippen molar-refractivity contribution in [2.75, 3.05) is 36.9 Å². The largest absolute Gasteiger partial charge is 0.379 e. The van der Waals surface area contributed by atoms with Crippen LogP contribution in [0.4, 0.5) is 15.8 Å². The lowest BCUT2D eigenvalue weighted by Gasteiger charge is -2.26. The molecule has 0 unspecified atom stereocenters. The quantitative estimate of drug-likeness (QED) is 0.757. The monoisotopic (exact) mass is 409 g/mol. The van der Waals surface area contributed by atoms with Crippen LogP contribution in [0, 0.1) is 12.7 Å². The fourth-order valence-electron chi connectivity index (χ4n) is 2.66. The molecule has 3 rings (SSSR count). The Morgan fingerprint density at radius 1 is 1.07 bits per heavy atom. The third-order valence-electron chi connectivity index (χ3n) is 4.14. The number of anilines is 2. The molecule has 27 heavy (non-hydrogen) atoms. The number of hydrogen-bond acceptors (Lipinski definition) is 4. The van der Waals surface area contributed by atoms with E-state index in [1.54, 1.807) is 31.2 Å². The van der Waals surface area contributed by atoms with Crippen LogP contribution in [-0.2, 0) is 14.8 Å². The molecule has 1 fully saturated rings. The number of ether oxygens (including phenoxy) is 1. The van der Waals surface area contributed by atoms with E-state index in [1.165, 1.54) is 22.5 Å². The van der Waals surface area contributed by atoms with Gasteiger partial charge in [-0.2, -0.15) is 4.31 Å². The SMILES string of the molecule is Cc1cc(NC(=S)Nc2ccc(S(=O)(=O)N3CCOCC3)cc2)ccc1F. The van der Waals surface area contributed by atoms with Crippen LogP contribution >= 0.6 is 12.2 Å². The first kappa shape index (κ1) is 19.7. The molecule has 0 saturated carbocycles. The number of hydrogen-bond donors (Lipinski definition) is 2. The molecule has 1 aliphatic rings. The lowest BCUT2D eigenvalue weighted by atomic mass is 10.2. The van der Waals surface area contributed by atoms with Crippen molar-refractivity contribution in [3.05, 3.63) is 53.8 Å². The van der Waals surface area contributed by atoms with Crippen molar-refractivity contribution in [1.82, 2.24) is 4.31 Å². The van der Waals surface area contributed by atoms with Gasteiger partial charge in [-0.15, -0.1) is 0 Å². The fraction of sp³-hybridized carbons (Fsp3) is 0.278. The highest BCUT2D eigenvalue weighted by Crippen LogP contribution is 2.20. The van der Waals surface area contributed by atoms with Gasteiger partial charge in [0, 0.05) is 24.5 Å². The van der Waals surface area contributed by atoms with Crippen LogP contribution in [0.3, 0.4) is 0 Å². The van der Waals surface area contributed by atoms with Crippen molar-refractivity contribution in [1.29, 1.82) is 0 Å². The van der Waals surface area contributed by atoms with Gasteiger partial charge in [0.05, 0.1) is 18.1 Å². The van der Waals surface area contributed by atoms with Crippen molar-refractivity contribution in [2.24, 2.45) is 0 Å². The van der Waals surface area contributed by atoms with Crippen molar-refractivity contribution in [2.45, 2.75) is 11.8 Å². The Morgan fingerprint density at radius 3 is 2.30 bits per heavy atom. The Labute approximate surface area is 163 Å². The van der Waals surface area contributed by atoms with Crippen LogP contribution in [0.1, 0.15) is 5.56 Å². The number of halogens is 1. The number of sulfonamides is 1. The summed E-state index contributed by atoms with van der Waals surface area (Å²) in [4.78, 5) is 0.225. The molecule has 0 amide bonds. The lowest BCUT2D eigenvalue weighted by Crippen LogP contribution is -2.40. The summed E-state index contributed by atoms with van der Waals surface area (Å²) in [5.41, 5.74) is 1.82. The first-order chi connectivity index (χ1) is 12.9. The zero-order valence-electron chi connectivity index (χ0n) is 14.7. The molecule has 1 saturated heterocycles. The second-order valence-corrected chi connectivity index (χ2v) is 8.43. The summed E-state index contributed by atoms with van der Waals surface area (Å²) in [5, 5.41) is 6.27. The first-order valence-corrected chi connectivity index (χ1v) is 10.2. The maximum Gasteiger partial charge on any atom is 0.243 e. The normalized spacial score (nSPS) is 15.3. The number of morpholine rings is 1. The molecule has 0 atom stereocenters. The smallest absolute Gasteiger partial charge is 0.243 e. The van der Waals surface area contributed by atoms with Crippen LogP contribution in [0.5, 0.6) is 0 Å². The molecule has 0 radical (unpaired) electrons. The minimum atomic E-state index is -3.52. The number of rotatable bonds is 4. The summed E-state index contributed by atoms with van der Waals surface area (Å²) < 4.78 is 45.1. The molecule has 0 aromatic heterocycles. The molecule has 6 nitrogen and oxygen atoms in total. The van der Waals surface area contributed by atoms with E-state index in [0.29, 0.717) is 48.4 Å². The van der Waals surface area contributed by atoms with E-state index in [2.05, 4.69) is 10.6 Å². The molecule has 9 heteroatoms. The van der Waals surface area contributed by atoms with Crippen LogP contribution in [0.2, 0.25) is 0 Å². The highest BCUT2D eigenvalue weighted by atomic mass is 32.2. The van der Waals surface area contributed by atoms with Gasteiger partial charge in [-0.05, 0) is 67.2 Å². The maximum atomic E-state index is 13.3. The number of benzene rings is 2. The lowest BCUT2D eigenvalue weighted by molar-refractivity contribution is 0.0730. The minimum Gasteiger partial charge on any atom is -0.379 e. The summed E-state index contributed by atoms with van der Waals surface area (Å²) in [6.45, 7) is 3.19. The van der Waals surface area contributed by atoms with Crippen LogP contribution < -0.4 is 10.6 Å². The van der Waals surface area contributed by atoms with Gasteiger partial charge in [-0.3, -0.25) is 0 Å². The standard InChI is InChI=1S/C18H20FN3O3S2/c1-13-12-15(4-7-17(13)19)21-18(26)20-14-2-5-16(6-3-14)27(23,24)22-8-10-25-11-9-22/h2-7,12H,8-11H2,1H3,(H2,20,21,26). The van der Waals surface area contributed by atoms with Crippen LogP contribution in [0.15, 0.2) is 47.4 Å². The Balaban J connectivity index is 1.64. The highest BCUT2D eigenvalue weighted by Gasteiger charge is 2.26. The molecule has 0 bridgehead atoms. The molecule has 144 valence electrons. The van der Waals surface area contributed by atoms with Crippen molar-refractivity contribution >= 4 is 38.7 Å². The topological polar surface area (TPSA) is 70.7 Å². The van der Waals surface area contributed by atoms with E-state index in [1.807, 2.05) is 0 Å². The Kier molecular flexibility index (Phi) is 6.05. The summed E-state index contributed by atoms with van der Waals surface area (Å²) in [6.07, 6.45) is 0. The van der Waals surface area contributed by atoms with Gasteiger partial charge in [0.25, 0.3) is 0 Å². The van der Waals surface area contributed by atoms with E-state index in [9.17, 15) is 12.8 Å². The van der Waals surface area contributed by atoms with Gasteiger partial charge in [0.2, 0.25) is 10.0 Å². The molecular formula is C18H20FN3O3S2. The fourth-order valence-corrected chi connectivity index (χ4v) is 4.31. The minimum absolute atomic E-state index is 0.225. The average molecular weight is 410 g/mol. The summed E-state index contributed by atoms with van der Waals surface area (Å²) in [5.74, 6) is -0.281. The number of nitrogens with one attached hydrogen (secondary N) is 2. The van der Waals surface area contributed by atoms with Crippen molar-refractivity contribution in [3.8, 4) is 0 Å².